The summed E-state index contributed by atoms with van der Waals surface area (Å²) in [4.78, 5) is 0.454. The highest BCUT2D eigenvalue weighted by Gasteiger charge is 2.31. The van der Waals surface area contributed by atoms with E-state index < -0.39 is 20.0 Å². The van der Waals surface area contributed by atoms with Crippen molar-refractivity contribution in [3.05, 3.63) is 107 Å². The molecule has 0 saturated heterocycles. The first-order chi connectivity index (χ1) is 16.2. The first kappa shape index (κ1) is 22.7. The molecule has 34 heavy (non-hydrogen) atoms. The van der Waals surface area contributed by atoms with E-state index in [1.54, 1.807) is 73.2 Å². The molecule has 1 aliphatic carbocycles. The van der Waals surface area contributed by atoms with Gasteiger partial charge >= 0.3 is 0 Å². The maximum absolute atomic E-state index is 13.5. The maximum Gasteiger partial charge on any atom is 0.267 e. The van der Waals surface area contributed by atoms with Crippen LogP contribution in [0.3, 0.4) is 0 Å². The Morgan fingerprint density at radius 3 is 1.94 bits per heavy atom. The van der Waals surface area contributed by atoms with Crippen molar-refractivity contribution >= 4 is 20.0 Å². The van der Waals surface area contributed by atoms with Gasteiger partial charge in [-0.15, -0.1) is 0 Å². The van der Waals surface area contributed by atoms with Crippen LogP contribution in [-0.4, -0.2) is 24.8 Å². The van der Waals surface area contributed by atoms with Crippen LogP contribution in [0.25, 0.3) is 0 Å². The number of benzene rings is 2. The molecule has 8 heteroatoms. The molecule has 176 valence electrons. The van der Waals surface area contributed by atoms with Crippen molar-refractivity contribution in [1.82, 2.24) is 7.94 Å². The molecule has 0 bridgehead atoms. The molecule has 6 nitrogen and oxygen atoms in total. The predicted molar refractivity (Wildman–Crippen MR) is 131 cm³/mol. The highest BCUT2D eigenvalue weighted by Crippen LogP contribution is 2.39. The molecule has 2 aromatic carbocycles. The molecule has 2 heterocycles. The van der Waals surface area contributed by atoms with Gasteiger partial charge in [0.15, 0.2) is 0 Å². The predicted octanol–water partition coefficient (Wildman–Crippen LogP) is 4.85. The van der Waals surface area contributed by atoms with Gasteiger partial charge in [0.1, 0.15) is 0 Å². The second-order valence-corrected chi connectivity index (χ2v) is 12.5. The molecular formula is C26H26N2O4S2. The lowest BCUT2D eigenvalue weighted by Crippen LogP contribution is -2.21. The average Bonchev–Trinajstić information content (AvgIpc) is 3.48. The van der Waals surface area contributed by atoms with Gasteiger partial charge in [0.2, 0.25) is 0 Å². The average molecular weight is 495 g/mol. The molecule has 5 rings (SSSR count). The molecule has 2 aromatic heterocycles. The molecule has 0 saturated carbocycles. The molecule has 1 aliphatic rings. The van der Waals surface area contributed by atoms with Gasteiger partial charge in [0.05, 0.1) is 9.79 Å². The van der Waals surface area contributed by atoms with Gasteiger partial charge in [-0.25, -0.2) is 24.8 Å². The Hall–Kier alpha value is -3.10. The van der Waals surface area contributed by atoms with Crippen LogP contribution in [0.15, 0.2) is 89.0 Å². The zero-order valence-electron chi connectivity index (χ0n) is 19.0. The Bertz CT molecular complexity index is 1560. The molecule has 1 unspecified atom stereocenters. The Morgan fingerprint density at radius 1 is 0.735 bits per heavy atom. The standard InChI is InChI=1S/C26H26N2O4S2/c1-19-6-10-23(11-7-19)33(29,30)27-16-14-22(18-27)25-5-3-4-21-15-17-28(26(21)25)34(31,32)24-12-8-20(2)9-13-24/h6-18,25H,3-5H2,1-2H3. The normalized spacial score (nSPS) is 16.4. The van der Waals surface area contributed by atoms with Gasteiger partial charge in [-0.3, -0.25) is 0 Å². The third kappa shape index (κ3) is 3.80. The zero-order valence-corrected chi connectivity index (χ0v) is 20.7. The molecule has 0 N–H and O–H groups in total. The fourth-order valence-corrected chi connectivity index (χ4v) is 7.26. The van der Waals surface area contributed by atoms with Gasteiger partial charge in [-0.05, 0) is 80.6 Å². The van der Waals surface area contributed by atoms with Crippen LogP contribution in [0.5, 0.6) is 0 Å². The number of fused-ring (bicyclic) bond motifs is 1. The second-order valence-electron chi connectivity index (χ2n) is 8.88. The third-order valence-electron chi connectivity index (χ3n) is 6.51. The first-order valence-corrected chi connectivity index (χ1v) is 14.1. The smallest absolute Gasteiger partial charge is 0.249 e. The van der Waals surface area contributed by atoms with Gasteiger partial charge < -0.3 is 0 Å². The lowest BCUT2D eigenvalue weighted by molar-refractivity contribution is 0.566. The minimum atomic E-state index is -3.77. The summed E-state index contributed by atoms with van der Waals surface area (Å²) in [6, 6.07) is 17.2. The van der Waals surface area contributed by atoms with E-state index in [-0.39, 0.29) is 15.7 Å². The lowest BCUT2D eigenvalue weighted by Gasteiger charge is -2.25. The number of aromatic nitrogens is 2. The lowest BCUT2D eigenvalue weighted by atomic mass is 9.84. The van der Waals surface area contributed by atoms with Crippen molar-refractivity contribution in [3.8, 4) is 0 Å². The largest absolute Gasteiger partial charge is 0.267 e. The summed E-state index contributed by atoms with van der Waals surface area (Å²) in [7, 11) is -7.50. The minimum absolute atomic E-state index is 0.214. The van der Waals surface area contributed by atoms with Crippen molar-refractivity contribution in [3.63, 3.8) is 0 Å². The van der Waals surface area contributed by atoms with Crippen LogP contribution in [0.1, 0.15) is 46.7 Å². The van der Waals surface area contributed by atoms with Crippen LogP contribution in [0.4, 0.5) is 0 Å². The highest BCUT2D eigenvalue weighted by atomic mass is 32.2. The van der Waals surface area contributed by atoms with Gasteiger partial charge in [-0.1, -0.05) is 35.4 Å². The number of aryl methyl sites for hydroxylation is 3. The van der Waals surface area contributed by atoms with Crippen molar-refractivity contribution in [2.75, 3.05) is 0 Å². The van der Waals surface area contributed by atoms with E-state index in [4.69, 9.17) is 0 Å². The second kappa shape index (κ2) is 8.29. The molecule has 0 aliphatic heterocycles. The molecular weight excluding hydrogens is 468 g/mol. The molecule has 0 radical (unpaired) electrons. The number of rotatable bonds is 5. The van der Waals surface area contributed by atoms with E-state index in [0.29, 0.717) is 0 Å². The Labute approximate surface area is 200 Å². The Kier molecular flexibility index (Phi) is 5.53. The zero-order chi connectivity index (χ0) is 24.1. The van der Waals surface area contributed by atoms with Crippen molar-refractivity contribution in [1.29, 1.82) is 0 Å². The van der Waals surface area contributed by atoms with Gasteiger partial charge in [-0.2, -0.15) is 0 Å². The van der Waals surface area contributed by atoms with Crippen LogP contribution in [0, 0.1) is 13.8 Å². The summed E-state index contributed by atoms with van der Waals surface area (Å²) in [6.45, 7) is 3.82. The number of hydrogen-bond donors (Lipinski definition) is 0. The van der Waals surface area contributed by atoms with Crippen molar-refractivity contribution in [2.24, 2.45) is 0 Å². The van der Waals surface area contributed by atoms with Gasteiger partial charge in [0.25, 0.3) is 20.0 Å². The monoisotopic (exact) mass is 494 g/mol. The molecule has 1 atom stereocenters. The fourth-order valence-electron chi connectivity index (χ4n) is 4.63. The van der Waals surface area contributed by atoms with Crippen LogP contribution in [-0.2, 0) is 26.5 Å². The van der Waals surface area contributed by atoms with E-state index in [1.165, 1.54) is 7.94 Å². The first-order valence-electron chi connectivity index (χ1n) is 11.2. The Morgan fingerprint density at radius 2 is 1.32 bits per heavy atom. The molecule has 4 aromatic rings. The van der Waals surface area contributed by atoms with Gasteiger partial charge in [0, 0.05) is 30.2 Å². The molecule has 0 amide bonds. The summed E-state index contributed by atoms with van der Waals surface area (Å²) in [6.07, 6.45) is 7.23. The van der Waals surface area contributed by atoms with Crippen LogP contribution in [0.2, 0.25) is 0 Å². The number of hydrogen-bond acceptors (Lipinski definition) is 4. The van der Waals surface area contributed by atoms with Crippen molar-refractivity contribution in [2.45, 2.75) is 48.8 Å². The van der Waals surface area contributed by atoms with E-state index in [2.05, 4.69) is 0 Å². The van der Waals surface area contributed by atoms with E-state index in [9.17, 15) is 16.8 Å². The summed E-state index contributed by atoms with van der Waals surface area (Å²) < 4.78 is 55.9. The summed E-state index contributed by atoms with van der Waals surface area (Å²) in [5, 5.41) is 0. The quantitative estimate of drug-likeness (QED) is 0.397. The highest BCUT2D eigenvalue weighted by molar-refractivity contribution is 7.90. The molecule has 0 spiro atoms. The number of nitrogens with zero attached hydrogens (tertiary/aromatic N) is 2. The third-order valence-corrected chi connectivity index (χ3v) is 9.87. The van der Waals surface area contributed by atoms with E-state index >= 15 is 0 Å². The topological polar surface area (TPSA) is 78.1 Å². The summed E-state index contributed by atoms with van der Waals surface area (Å²) in [5.41, 5.74) is 4.47. The van der Waals surface area contributed by atoms with Crippen LogP contribution >= 0.6 is 0 Å². The van der Waals surface area contributed by atoms with E-state index in [1.807, 2.05) is 19.9 Å². The Balaban J connectivity index is 1.56. The summed E-state index contributed by atoms with van der Waals surface area (Å²) in [5.74, 6) is -0.214. The SMILES string of the molecule is Cc1ccc(S(=O)(=O)n2ccc(C3CCCc4ccn(S(=O)(=O)c5ccc(C)cc5)c43)c2)cc1. The maximum atomic E-state index is 13.5. The fraction of sp³-hybridized carbons (Fsp3) is 0.231. The van der Waals surface area contributed by atoms with E-state index in [0.717, 1.165) is 47.2 Å². The minimum Gasteiger partial charge on any atom is -0.249 e. The molecule has 0 fully saturated rings. The van der Waals surface area contributed by atoms with Crippen molar-refractivity contribution < 1.29 is 16.8 Å². The summed E-state index contributed by atoms with van der Waals surface area (Å²) >= 11 is 0. The van der Waals surface area contributed by atoms with Crippen LogP contribution < -0.4 is 0 Å².